The van der Waals surface area contributed by atoms with Crippen LogP contribution in [0.2, 0.25) is 19.6 Å². The second-order valence-corrected chi connectivity index (χ2v) is 14.8. The molecule has 6 aromatic rings. The molecule has 6 rings (SSSR count). The lowest BCUT2D eigenvalue weighted by Gasteiger charge is -2.15. The summed E-state index contributed by atoms with van der Waals surface area (Å²) >= 11 is 0. The van der Waals surface area contributed by atoms with Crippen LogP contribution < -0.4 is 5.19 Å². The van der Waals surface area contributed by atoms with Gasteiger partial charge < -0.3 is 4.42 Å². The van der Waals surface area contributed by atoms with Gasteiger partial charge in [0, 0.05) is 22.7 Å². The van der Waals surface area contributed by atoms with Crippen LogP contribution in [-0.4, -0.2) is 22.6 Å². The van der Waals surface area contributed by atoms with Crippen LogP contribution in [0.15, 0.2) is 83.4 Å². The van der Waals surface area contributed by atoms with Gasteiger partial charge in [0.05, 0.1) is 13.6 Å². The molecule has 33 heavy (non-hydrogen) atoms. The molecule has 0 radical (unpaired) electrons. The molecule has 0 aliphatic heterocycles. The van der Waals surface area contributed by atoms with E-state index in [1.807, 2.05) is 31.3 Å². The van der Waals surface area contributed by atoms with Crippen LogP contribution in [0.3, 0.4) is 0 Å². The molecule has 0 amide bonds. The van der Waals surface area contributed by atoms with Crippen molar-refractivity contribution in [1.82, 2.24) is 14.5 Å². The van der Waals surface area contributed by atoms with Crippen molar-refractivity contribution in [2.45, 2.75) is 26.6 Å². The maximum Gasteiger partial charge on any atom is 0.164 e. The number of nitrogens with zero attached hydrogens (tertiary/aromatic N) is 3. The van der Waals surface area contributed by atoms with E-state index in [4.69, 9.17) is 14.4 Å². The Bertz CT molecular complexity index is 1660. The Morgan fingerprint density at radius 3 is 2.45 bits per heavy atom. The minimum atomic E-state index is -1.44. The van der Waals surface area contributed by atoms with Gasteiger partial charge in [-0.15, -0.1) is 0 Å². The second kappa shape index (κ2) is 7.15. The molecule has 3 aromatic carbocycles. The smallest absolute Gasteiger partial charge is 0.164 e. The first-order valence-corrected chi connectivity index (χ1v) is 14.8. The SMILES string of the molecule is Cc1cnc2c(c1)nc(-c1cccc3c1oc1cc([Si](C)(C)C)ccc13)n2-c1ccccc1. The van der Waals surface area contributed by atoms with Gasteiger partial charge in [0.15, 0.2) is 11.5 Å². The number of aryl methyl sites for hydroxylation is 1. The molecular formula is C28H25N3OSi. The predicted octanol–water partition coefficient (Wildman–Crippen LogP) is 6.84. The largest absolute Gasteiger partial charge is 0.455 e. The zero-order valence-electron chi connectivity index (χ0n) is 19.3. The molecule has 0 spiro atoms. The zero-order valence-corrected chi connectivity index (χ0v) is 20.3. The molecule has 0 atom stereocenters. The molecule has 0 unspecified atom stereocenters. The van der Waals surface area contributed by atoms with Gasteiger partial charge in [-0.05, 0) is 42.8 Å². The summed E-state index contributed by atoms with van der Waals surface area (Å²) < 4.78 is 8.66. The number of pyridine rings is 1. The molecule has 3 aromatic heterocycles. The normalized spacial score (nSPS) is 12.2. The molecular weight excluding hydrogens is 422 g/mol. The minimum Gasteiger partial charge on any atom is -0.455 e. The van der Waals surface area contributed by atoms with E-state index in [-0.39, 0.29) is 0 Å². The molecule has 162 valence electrons. The van der Waals surface area contributed by atoms with E-state index < -0.39 is 8.07 Å². The average Bonchev–Trinajstić information content (AvgIpc) is 3.36. The number of hydrogen-bond acceptors (Lipinski definition) is 3. The minimum absolute atomic E-state index is 0.837. The first kappa shape index (κ1) is 19.9. The third-order valence-electron chi connectivity index (χ3n) is 6.25. The standard InChI is InChI=1S/C28H25N3OSi/c1-18-15-24-28(29-17-18)31(19-9-6-5-7-10-19)27(30-24)23-12-8-11-22-21-14-13-20(33(2,3)4)16-25(21)32-26(22)23/h5-17H,1-4H3. The van der Waals surface area contributed by atoms with E-state index in [0.29, 0.717) is 0 Å². The third-order valence-corrected chi connectivity index (χ3v) is 8.30. The molecule has 0 saturated heterocycles. The number of fused-ring (bicyclic) bond motifs is 4. The third kappa shape index (κ3) is 3.19. The van der Waals surface area contributed by atoms with E-state index in [1.165, 1.54) is 5.19 Å². The van der Waals surface area contributed by atoms with E-state index in [0.717, 1.165) is 55.7 Å². The number of imidazole rings is 1. The fourth-order valence-electron chi connectivity index (χ4n) is 4.51. The summed E-state index contributed by atoms with van der Waals surface area (Å²) in [5, 5.41) is 3.65. The average molecular weight is 448 g/mol. The molecule has 5 heteroatoms. The van der Waals surface area contributed by atoms with Crippen molar-refractivity contribution in [2.24, 2.45) is 0 Å². The first-order valence-electron chi connectivity index (χ1n) is 11.3. The van der Waals surface area contributed by atoms with Crippen LogP contribution in [-0.2, 0) is 0 Å². The van der Waals surface area contributed by atoms with Gasteiger partial charge in [-0.2, -0.15) is 0 Å². The fourth-order valence-corrected chi connectivity index (χ4v) is 5.66. The highest BCUT2D eigenvalue weighted by Crippen LogP contribution is 2.37. The number of furan rings is 1. The van der Waals surface area contributed by atoms with Crippen LogP contribution in [0.25, 0.3) is 50.2 Å². The summed E-state index contributed by atoms with van der Waals surface area (Å²) in [6.07, 6.45) is 1.90. The van der Waals surface area contributed by atoms with Crippen molar-refractivity contribution >= 4 is 46.4 Å². The summed E-state index contributed by atoms with van der Waals surface area (Å²) in [6.45, 7) is 9.13. The Morgan fingerprint density at radius 2 is 1.67 bits per heavy atom. The van der Waals surface area contributed by atoms with E-state index >= 15 is 0 Å². The van der Waals surface area contributed by atoms with Crippen molar-refractivity contribution in [3.05, 3.63) is 84.6 Å². The zero-order chi connectivity index (χ0) is 22.7. The van der Waals surface area contributed by atoms with Gasteiger partial charge in [-0.3, -0.25) is 4.57 Å². The van der Waals surface area contributed by atoms with Gasteiger partial charge in [-0.25, -0.2) is 9.97 Å². The van der Waals surface area contributed by atoms with Crippen LogP contribution >= 0.6 is 0 Å². The maximum absolute atomic E-state index is 6.53. The van der Waals surface area contributed by atoms with Gasteiger partial charge in [0.25, 0.3) is 0 Å². The Morgan fingerprint density at radius 1 is 0.848 bits per heavy atom. The Balaban J connectivity index is 1.68. The Labute approximate surface area is 193 Å². The number of rotatable bonds is 3. The molecule has 0 fully saturated rings. The summed E-state index contributed by atoms with van der Waals surface area (Å²) in [5.74, 6) is 0.837. The fraction of sp³-hybridized carbons (Fsp3) is 0.143. The molecule has 0 aliphatic carbocycles. The second-order valence-electron chi connectivity index (χ2n) is 9.71. The lowest BCUT2D eigenvalue weighted by Crippen LogP contribution is -2.37. The van der Waals surface area contributed by atoms with Crippen molar-refractivity contribution in [3.63, 3.8) is 0 Å². The highest BCUT2D eigenvalue weighted by atomic mass is 28.3. The van der Waals surface area contributed by atoms with E-state index in [2.05, 4.69) is 78.8 Å². The highest BCUT2D eigenvalue weighted by Gasteiger charge is 2.22. The Kier molecular flexibility index (Phi) is 4.32. The Hall–Kier alpha value is -3.70. The van der Waals surface area contributed by atoms with Gasteiger partial charge in [0.1, 0.15) is 16.7 Å². The van der Waals surface area contributed by atoms with Crippen molar-refractivity contribution in [1.29, 1.82) is 0 Å². The highest BCUT2D eigenvalue weighted by molar-refractivity contribution is 6.88. The summed E-state index contributed by atoms with van der Waals surface area (Å²) in [6, 6.07) is 25.4. The number of aromatic nitrogens is 3. The van der Waals surface area contributed by atoms with Crippen LogP contribution in [0.4, 0.5) is 0 Å². The summed E-state index contributed by atoms with van der Waals surface area (Å²) in [4.78, 5) is 9.78. The van der Waals surface area contributed by atoms with Gasteiger partial charge in [0.2, 0.25) is 0 Å². The summed E-state index contributed by atoms with van der Waals surface area (Å²) in [7, 11) is -1.44. The molecule has 0 N–H and O–H groups in total. The molecule has 0 aliphatic rings. The monoisotopic (exact) mass is 447 g/mol. The summed E-state index contributed by atoms with van der Waals surface area (Å²) in [5.41, 5.74) is 6.61. The predicted molar refractivity (Wildman–Crippen MR) is 139 cm³/mol. The van der Waals surface area contributed by atoms with Crippen LogP contribution in [0, 0.1) is 6.92 Å². The lowest BCUT2D eigenvalue weighted by molar-refractivity contribution is 0.669. The van der Waals surface area contributed by atoms with E-state index in [1.54, 1.807) is 0 Å². The van der Waals surface area contributed by atoms with Gasteiger partial charge >= 0.3 is 0 Å². The number of hydrogen-bond donors (Lipinski definition) is 0. The lowest BCUT2D eigenvalue weighted by atomic mass is 10.1. The number of para-hydroxylation sites is 2. The molecule has 4 nitrogen and oxygen atoms in total. The van der Waals surface area contributed by atoms with Crippen molar-refractivity contribution in [2.75, 3.05) is 0 Å². The van der Waals surface area contributed by atoms with E-state index in [9.17, 15) is 0 Å². The number of benzene rings is 3. The van der Waals surface area contributed by atoms with Crippen molar-refractivity contribution < 1.29 is 4.42 Å². The molecule has 3 heterocycles. The first-order chi connectivity index (χ1) is 15.9. The van der Waals surface area contributed by atoms with Gasteiger partial charge in [-0.1, -0.05) is 67.3 Å². The molecule has 0 bridgehead atoms. The topological polar surface area (TPSA) is 43.9 Å². The van der Waals surface area contributed by atoms with Crippen molar-refractivity contribution in [3.8, 4) is 17.1 Å². The van der Waals surface area contributed by atoms with Crippen LogP contribution in [0.5, 0.6) is 0 Å². The quantitative estimate of drug-likeness (QED) is 0.279. The maximum atomic E-state index is 6.53. The molecule has 0 saturated carbocycles. The van der Waals surface area contributed by atoms with Crippen LogP contribution in [0.1, 0.15) is 5.56 Å².